The van der Waals surface area contributed by atoms with Crippen molar-refractivity contribution in [2.24, 2.45) is 5.73 Å². The van der Waals surface area contributed by atoms with Gasteiger partial charge in [-0.2, -0.15) is 0 Å². The highest BCUT2D eigenvalue weighted by molar-refractivity contribution is 6.15. The molecule has 0 saturated carbocycles. The molecule has 0 unspecified atom stereocenters. The van der Waals surface area contributed by atoms with Crippen LogP contribution in [0, 0.1) is 10.8 Å². The minimum Gasteiger partial charge on any atom is -0.404 e. The van der Waals surface area contributed by atoms with Crippen molar-refractivity contribution in [3.05, 3.63) is 59.4 Å². The zero-order chi connectivity index (χ0) is 18.5. The maximum Gasteiger partial charge on any atom is 0.129 e. The van der Waals surface area contributed by atoms with Gasteiger partial charge in [-0.15, -0.1) is 0 Å². The van der Waals surface area contributed by atoms with Crippen molar-refractivity contribution < 1.29 is 4.74 Å². The summed E-state index contributed by atoms with van der Waals surface area (Å²) in [6.45, 7) is 2.92. The Morgan fingerprint density at radius 2 is 1.92 bits per heavy atom. The van der Waals surface area contributed by atoms with Crippen molar-refractivity contribution in [1.82, 2.24) is 4.98 Å². The van der Waals surface area contributed by atoms with Crippen molar-refractivity contribution in [2.75, 3.05) is 36.9 Å². The fraction of sp³-hybridized carbons (Fsp3) is 0.211. The molecular formula is C19H22N6O. The lowest BCUT2D eigenvalue weighted by atomic mass is 9.97. The fourth-order valence-corrected chi connectivity index (χ4v) is 2.87. The average molecular weight is 350 g/mol. The molecule has 7 nitrogen and oxygen atoms in total. The number of nitrogens with one attached hydrogen (secondary N) is 2. The standard InChI is InChI=1S/C19H22N6O/c20-11-15(12-21)13-1-2-17(22)16(9-13)19(23)14-3-4-24-18(10-14)25-5-7-26-8-6-25/h1-4,9-12,20,23H,5-8,21-22H2. The minimum atomic E-state index is 0.308. The molecule has 134 valence electrons. The number of aromatic nitrogens is 1. The van der Waals surface area contributed by atoms with E-state index in [2.05, 4.69) is 9.88 Å². The number of benzene rings is 1. The van der Waals surface area contributed by atoms with Crippen molar-refractivity contribution >= 4 is 29.0 Å². The Hall–Kier alpha value is -3.19. The maximum absolute atomic E-state index is 8.62. The number of pyridine rings is 1. The molecule has 0 aliphatic carbocycles. The molecule has 1 fully saturated rings. The molecule has 3 rings (SSSR count). The van der Waals surface area contributed by atoms with E-state index in [1.165, 1.54) is 12.4 Å². The van der Waals surface area contributed by atoms with Crippen molar-refractivity contribution in [2.45, 2.75) is 0 Å². The van der Waals surface area contributed by atoms with Gasteiger partial charge in [-0.1, -0.05) is 6.07 Å². The van der Waals surface area contributed by atoms with Crippen LogP contribution in [0.2, 0.25) is 0 Å². The number of anilines is 2. The Morgan fingerprint density at radius 3 is 2.62 bits per heavy atom. The van der Waals surface area contributed by atoms with E-state index in [0.717, 1.165) is 30.0 Å². The molecule has 26 heavy (non-hydrogen) atoms. The topological polar surface area (TPSA) is 125 Å². The van der Waals surface area contributed by atoms with Crippen molar-refractivity contribution in [3.63, 3.8) is 0 Å². The van der Waals surface area contributed by atoms with Gasteiger partial charge in [-0.25, -0.2) is 4.98 Å². The minimum absolute atomic E-state index is 0.308. The zero-order valence-corrected chi connectivity index (χ0v) is 14.4. The Labute approximate surface area is 152 Å². The maximum atomic E-state index is 8.62. The molecule has 7 heteroatoms. The van der Waals surface area contributed by atoms with Gasteiger partial charge in [0.25, 0.3) is 0 Å². The van der Waals surface area contributed by atoms with Gasteiger partial charge in [0.2, 0.25) is 0 Å². The van der Waals surface area contributed by atoms with Crippen LogP contribution in [0.1, 0.15) is 16.7 Å². The summed E-state index contributed by atoms with van der Waals surface area (Å²) < 4.78 is 5.38. The van der Waals surface area contributed by atoms with Crippen molar-refractivity contribution in [1.29, 1.82) is 10.8 Å². The highest BCUT2D eigenvalue weighted by atomic mass is 16.5. The van der Waals surface area contributed by atoms with Gasteiger partial charge in [0.1, 0.15) is 5.82 Å². The fourth-order valence-electron chi connectivity index (χ4n) is 2.87. The molecule has 0 radical (unpaired) electrons. The van der Waals surface area contributed by atoms with Crippen LogP contribution in [0.25, 0.3) is 5.57 Å². The first-order valence-corrected chi connectivity index (χ1v) is 8.34. The van der Waals surface area contributed by atoms with Crippen LogP contribution in [0.15, 0.2) is 42.7 Å². The van der Waals surface area contributed by atoms with Gasteiger partial charge >= 0.3 is 0 Å². The second-order valence-corrected chi connectivity index (χ2v) is 5.95. The number of morpholine rings is 1. The number of allylic oxidation sites excluding steroid dienone is 1. The summed E-state index contributed by atoms with van der Waals surface area (Å²) in [5, 5.41) is 16.1. The molecule has 1 aromatic carbocycles. The number of rotatable bonds is 5. The smallest absolute Gasteiger partial charge is 0.129 e. The third-order valence-corrected chi connectivity index (χ3v) is 4.36. The number of hydrogen-bond acceptors (Lipinski definition) is 7. The van der Waals surface area contributed by atoms with Crippen LogP contribution in [0.4, 0.5) is 11.5 Å². The van der Waals surface area contributed by atoms with Gasteiger partial charge in [-0.3, -0.25) is 5.41 Å². The predicted molar refractivity (Wildman–Crippen MR) is 105 cm³/mol. The Kier molecular flexibility index (Phi) is 5.28. The number of nitrogens with two attached hydrogens (primary N) is 2. The van der Waals surface area contributed by atoms with E-state index < -0.39 is 0 Å². The Balaban J connectivity index is 1.94. The van der Waals surface area contributed by atoms with Crippen LogP contribution < -0.4 is 16.4 Å². The van der Waals surface area contributed by atoms with Crippen LogP contribution >= 0.6 is 0 Å². The van der Waals surface area contributed by atoms with Gasteiger partial charge in [0, 0.05) is 54.1 Å². The molecule has 6 N–H and O–H groups in total. The van der Waals surface area contributed by atoms with Gasteiger partial charge < -0.3 is 26.5 Å². The van der Waals surface area contributed by atoms with E-state index in [1.54, 1.807) is 30.5 Å². The third kappa shape index (κ3) is 3.57. The third-order valence-electron chi connectivity index (χ3n) is 4.36. The lowest BCUT2D eigenvalue weighted by Gasteiger charge is -2.28. The summed E-state index contributed by atoms with van der Waals surface area (Å²) in [6.07, 6.45) is 4.26. The normalized spacial score (nSPS) is 14.9. The molecule has 1 saturated heterocycles. The summed E-state index contributed by atoms with van der Waals surface area (Å²) >= 11 is 0. The van der Waals surface area contributed by atoms with Gasteiger partial charge in [0.15, 0.2) is 0 Å². The summed E-state index contributed by atoms with van der Waals surface area (Å²) in [4.78, 5) is 6.56. The number of ether oxygens (including phenoxy) is 1. The Morgan fingerprint density at radius 1 is 1.15 bits per heavy atom. The van der Waals surface area contributed by atoms with E-state index in [0.29, 0.717) is 35.7 Å². The zero-order valence-electron chi connectivity index (χ0n) is 14.4. The molecule has 1 aromatic heterocycles. The molecule has 0 bridgehead atoms. The molecule has 0 amide bonds. The van der Waals surface area contributed by atoms with Crippen LogP contribution in [-0.4, -0.2) is 43.2 Å². The molecule has 1 aliphatic heterocycles. The summed E-state index contributed by atoms with van der Waals surface area (Å²) in [5.41, 5.74) is 15.1. The van der Waals surface area contributed by atoms with Crippen LogP contribution in [-0.2, 0) is 4.74 Å². The number of nitrogens with zero attached hydrogens (tertiary/aromatic N) is 2. The van der Waals surface area contributed by atoms with E-state index >= 15 is 0 Å². The lowest BCUT2D eigenvalue weighted by molar-refractivity contribution is 0.122. The molecule has 1 aliphatic rings. The quantitative estimate of drug-likeness (QED) is 0.484. The molecule has 2 aromatic rings. The van der Waals surface area contributed by atoms with Gasteiger partial charge in [0.05, 0.1) is 18.9 Å². The van der Waals surface area contributed by atoms with E-state index in [4.69, 9.17) is 27.0 Å². The summed E-state index contributed by atoms with van der Waals surface area (Å²) in [6, 6.07) is 9.01. The molecular weight excluding hydrogens is 328 g/mol. The predicted octanol–water partition coefficient (Wildman–Crippen LogP) is 1.87. The SMILES string of the molecule is N=CC(=CN)c1ccc(N)c(C(=N)c2ccnc(N3CCOCC3)c2)c1. The average Bonchev–Trinajstić information content (AvgIpc) is 2.70. The summed E-state index contributed by atoms with van der Waals surface area (Å²) in [5.74, 6) is 0.826. The highest BCUT2D eigenvalue weighted by Gasteiger charge is 2.15. The van der Waals surface area contributed by atoms with E-state index in [9.17, 15) is 0 Å². The lowest BCUT2D eigenvalue weighted by Crippen LogP contribution is -2.36. The molecule has 2 heterocycles. The van der Waals surface area contributed by atoms with Crippen LogP contribution in [0.3, 0.4) is 0 Å². The number of hydrogen-bond donors (Lipinski definition) is 4. The van der Waals surface area contributed by atoms with Crippen LogP contribution in [0.5, 0.6) is 0 Å². The monoisotopic (exact) mass is 350 g/mol. The highest BCUT2D eigenvalue weighted by Crippen LogP contribution is 2.23. The Bertz CT molecular complexity index is 855. The summed E-state index contributed by atoms with van der Waals surface area (Å²) in [7, 11) is 0. The van der Waals surface area contributed by atoms with Crippen molar-refractivity contribution in [3.8, 4) is 0 Å². The van der Waals surface area contributed by atoms with E-state index in [1.807, 2.05) is 6.07 Å². The largest absolute Gasteiger partial charge is 0.404 e. The first-order chi connectivity index (χ1) is 12.6. The first kappa shape index (κ1) is 17.6. The van der Waals surface area contributed by atoms with E-state index in [-0.39, 0.29) is 0 Å². The number of nitrogen functional groups attached to an aromatic ring is 1. The first-order valence-electron chi connectivity index (χ1n) is 8.34. The van der Waals surface area contributed by atoms with Gasteiger partial charge in [-0.05, 0) is 29.8 Å². The second-order valence-electron chi connectivity index (χ2n) is 5.95. The molecule has 0 atom stereocenters. The molecule has 0 spiro atoms. The second kappa shape index (κ2) is 7.79.